The van der Waals surface area contributed by atoms with Gasteiger partial charge in [-0.25, -0.2) is 0 Å². The van der Waals surface area contributed by atoms with Crippen LogP contribution in [0, 0.1) is 35.0 Å². The molecule has 0 amide bonds. The van der Waals surface area contributed by atoms with Gasteiger partial charge in [-0.3, -0.25) is 4.79 Å². The van der Waals surface area contributed by atoms with Crippen molar-refractivity contribution in [3.8, 4) is 0 Å². The van der Waals surface area contributed by atoms with Crippen LogP contribution >= 0.6 is 0 Å². The van der Waals surface area contributed by atoms with E-state index in [0.717, 1.165) is 37.7 Å². The lowest BCUT2D eigenvalue weighted by Crippen LogP contribution is -2.51. The molecule has 0 aromatic rings. The number of hydrogen-bond acceptors (Lipinski definition) is 3. The summed E-state index contributed by atoms with van der Waals surface area (Å²) in [4.78, 5) is 12.2. The Morgan fingerprint density at radius 2 is 2.00 bits per heavy atom. The molecule has 4 rings (SSSR count). The first kappa shape index (κ1) is 19.6. The van der Waals surface area contributed by atoms with E-state index < -0.39 is 0 Å². The topological polar surface area (TPSA) is 35.5 Å². The highest BCUT2D eigenvalue weighted by Crippen LogP contribution is 2.58. The average Bonchev–Trinajstić information content (AvgIpc) is 2.66. The Morgan fingerprint density at radius 1 is 1.19 bits per heavy atom. The van der Waals surface area contributed by atoms with E-state index >= 15 is 0 Å². The van der Waals surface area contributed by atoms with E-state index in [-0.39, 0.29) is 23.7 Å². The average molecular weight is 375 g/mol. The molecule has 0 radical (unpaired) electrons. The molecule has 3 aliphatic carbocycles. The molecular formula is C24H38O3. The second-order valence-corrected chi connectivity index (χ2v) is 10.1. The molecule has 3 fully saturated rings. The summed E-state index contributed by atoms with van der Waals surface area (Å²) in [5, 5.41) is 0. The summed E-state index contributed by atoms with van der Waals surface area (Å²) in [6.45, 7) is 10.2. The third kappa shape index (κ3) is 3.55. The zero-order valence-corrected chi connectivity index (χ0v) is 17.7. The molecule has 152 valence electrons. The Hall–Kier alpha value is -0.670. The third-order valence-electron chi connectivity index (χ3n) is 8.85. The van der Waals surface area contributed by atoms with Crippen molar-refractivity contribution in [1.82, 2.24) is 0 Å². The monoisotopic (exact) mass is 374 g/mol. The zero-order valence-electron chi connectivity index (χ0n) is 17.7. The van der Waals surface area contributed by atoms with Gasteiger partial charge in [-0.2, -0.15) is 0 Å². The molecule has 1 aliphatic heterocycles. The summed E-state index contributed by atoms with van der Waals surface area (Å²) >= 11 is 0. The molecule has 3 nitrogen and oxygen atoms in total. The lowest BCUT2D eigenvalue weighted by atomic mass is 9.50. The summed E-state index contributed by atoms with van der Waals surface area (Å²) in [5.41, 5.74) is 1.69. The van der Waals surface area contributed by atoms with Crippen LogP contribution < -0.4 is 0 Å². The fourth-order valence-corrected chi connectivity index (χ4v) is 6.64. The van der Waals surface area contributed by atoms with Gasteiger partial charge in [-0.15, -0.1) is 0 Å². The summed E-state index contributed by atoms with van der Waals surface area (Å²) in [6, 6.07) is 0. The van der Waals surface area contributed by atoms with Crippen LogP contribution in [0.15, 0.2) is 11.6 Å². The number of allylic oxidation sites excluding steroid dienone is 2. The van der Waals surface area contributed by atoms with Crippen LogP contribution in [-0.4, -0.2) is 24.8 Å². The third-order valence-corrected chi connectivity index (χ3v) is 8.85. The van der Waals surface area contributed by atoms with E-state index in [9.17, 15) is 4.79 Å². The van der Waals surface area contributed by atoms with Crippen LogP contribution in [0.3, 0.4) is 0 Å². The van der Waals surface area contributed by atoms with Crippen molar-refractivity contribution in [3.63, 3.8) is 0 Å². The summed E-state index contributed by atoms with van der Waals surface area (Å²) in [7, 11) is 0. The van der Waals surface area contributed by atoms with Crippen LogP contribution in [0.25, 0.3) is 0 Å². The first-order chi connectivity index (χ1) is 12.9. The molecule has 4 aliphatic rings. The lowest BCUT2D eigenvalue weighted by molar-refractivity contribution is -0.222. The molecule has 27 heavy (non-hydrogen) atoms. The predicted molar refractivity (Wildman–Crippen MR) is 107 cm³/mol. The van der Waals surface area contributed by atoms with E-state index in [1.807, 2.05) is 6.08 Å². The number of hydrogen-bond donors (Lipinski definition) is 0. The van der Waals surface area contributed by atoms with Gasteiger partial charge in [0.1, 0.15) is 0 Å². The van der Waals surface area contributed by atoms with Gasteiger partial charge in [0.05, 0.1) is 6.10 Å². The van der Waals surface area contributed by atoms with Crippen molar-refractivity contribution in [2.45, 2.75) is 91.5 Å². The van der Waals surface area contributed by atoms with Crippen LogP contribution in [0.5, 0.6) is 0 Å². The number of carbonyl (C=O) groups is 1. The molecule has 0 aromatic heterocycles. The van der Waals surface area contributed by atoms with Crippen molar-refractivity contribution < 1.29 is 14.3 Å². The first-order valence-corrected chi connectivity index (χ1v) is 11.4. The van der Waals surface area contributed by atoms with E-state index in [4.69, 9.17) is 9.47 Å². The van der Waals surface area contributed by atoms with Crippen molar-refractivity contribution in [2.24, 2.45) is 35.0 Å². The Bertz CT molecular complexity index is 590. The molecule has 2 saturated carbocycles. The van der Waals surface area contributed by atoms with Gasteiger partial charge >= 0.3 is 0 Å². The minimum absolute atomic E-state index is 0.00148. The maximum atomic E-state index is 12.2. The SMILES string of the molecule is CC1[C@@H]2CCC3=CC(=O)[C@@H](C)C[C@@H]3[C@H]2CC[C@]1(C)[C@H](C)OC1CCCCO1. The predicted octanol–water partition coefficient (Wildman–Crippen LogP) is 5.53. The number of fused-ring (bicyclic) bond motifs is 3. The minimum atomic E-state index is 0.00148. The van der Waals surface area contributed by atoms with E-state index in [2.05, 4.69) is 27.7 Å². The van der Waals surface area contributed by atoms with Gasteiger partial charge in [0.2, 0.25) is 0 Å². The van der Waals surface area contributed by atoms with Crippen molar-refractivity contribution in [3.05, 3.63) is 11.6 Å². The number of ether oxygens (including phenoxy) is 2. The standard InChI is InChI=1S/C24H38O3/c1-15-13-21-18(14-22(15)25)8-9-19-16(2)24(4,11-10-20(19)21)17(3)27-23-7-5-6-12-26-23/h14-17,19-21,23H,5-13H2,1-4H3/t15-,16?,17-,19-,20-,21-,23?,24-/m0/s1. The van der Waals surface area contributed by atoms with Crippen LogP contribution in [0.4, 0.5) is 0 Å². The molecule has 0 aromatic carbocycles. The van der Waals surface area contributed by atoms with Gasteiger partial charge in [-0.1, -0.05) is 26.3 Å². The molecule has 3 heteroatoms. The molecular weight excluding hydrogens is 336 g/mol. The van der Waals surface area contributed by atoms with Gasteiger partial charge in [0.15, 0.2) is 12.1 Å². The largest absolute Gasteiger partial charge is 0.353 e. The second kappa shape index (κ2) is 7.63. The lowest BCUT2D eigenvalue weighted by Gasteiger charge is -2.56. The van der Waals surface area contributed by atoms with E-state index in [0.29, 0.717) is 17.6 Å². The van der Waals surface area contributed by atoms with Crippen LogP contribution in [0.2, 0.25) is 0 Å². The molecule has 2 unspecified atom stereocenters. The van der Waals surface area contributed by atoms with Crippen LogP contribution in [-0.2, 0) is 14.3 Å². The maximum Gasteiger partial charge on any atom is 0.158 e. The minimum Gasteiger partial charge on any atom is -0.353 e. The van der Waals surface area contributed by atoms with Gasteiger partial charge in [-0.05, 0) is 93.5 Å². The van der Waals surface area contributed by atoms with E-state index in [1.165, 1.54) is 37.7 Å². The number of ketones is 1. The van der Waals surface area contributed by atoms with Gasteiger partial charge < -0.3 is 9.47 Å². The second-order valence-electron chi connectivity index (χ2n) is 10.1. The fraction of sp³-hybridized carbons (Fsp3) is 0.875. The summed E-state index contributed by atoms with van der Waals surface area (Å²) in [6.07, 6.45) is 11.7. The Morgan fingerprint density at radius 3 is 2.74 bits per heavy atom. The Labute approximate surface area is 165 Å². The smallest absolute Gasteiger partial charge is 0.158 e. The number of rotatable bonds is 3. The molecule has 0 N–H and O–H groups in total. The summed E-state index contributed by atoms with van der Waals surface area (Å²) in [5.74, 6) is 3.42. The van der Waals surface area contributed by atoms with Crippen molar-refractivity contribution in [1.29, 1.82) is 0 Å². The quantitative estimate of drug-likeness (QED) is 0.651. The van der Waals surface area contributed by atoms with Gasteiger partial charge in [0.25, 0.3) is 0 Å². The molecule has 1 saturated heterocycles. The molecule has 8 atom stereocenters. The first-order valence-electron chi connectivity index (χ1n) is 11.4. The molecule has 0 spiro atoms. The van der Waals surface area contributed by atoms with Gasteiger partial charge in [0, 0.05) is 12.5 Å². The molecule has 0 bridgehead atoms. The highest BCUT2D eigenvalue weighted by molar-refractivity contribution is 5.93. The Balaban J connectivity index is 1.47. The number of carbonyl (C=O) groups excluding carboxylic acids is 1. The van der Waals surface area contributed by atoms with Crippen molar-refractivity contribution >= 4 is 5.78 Å². The maximum absolute atomic E-state index is 12.2. The normalized spacial score (nSPS) is 46.2. The Kier molecular flexibility index (Phi) is 5.55. The fourth-order valence-electron chi connectivity index (χ4n) is 6.64. The zero-order chi connectivity index (χ0) is 19.2. The van der Waals surface area contributed by atoms with E-state index in [1.54, 1.807) is 0 Å². The highest BCUT2D eigenvalue weighted by Gasteiger charge is 2.52. The van der Waals surface area contributed by atoms with Crippen LogP contribution in [0.1, 0.15) is 79.1 Å². The molecule has 1 heterocycles. The highest BCUT2D eigenvalue weighted by atomic mass is 16.7. The summed E-state index contributed by atoms with van der Waals surface area (Å²) < 4.78 is 12.3. The van der Waals surface area contributed by atoms with Crippen molar-refractivity contribution in [2.75, 3.05) is 6.61 Å².